The fourth-order valence-corrected chi connectivity index (χ4v) is 4.62. The lowest BCUT2D eigenvalue weighted by molar-refractivity contribution is -0.384. The van der Waals surface area contributed by atoms with E-state index in [1.807, 2.05) is 4.90 Å². The van der Waals surface area contributed by atoms with Crippen LogP contribution in [0.15, 0.2) is 52.9 Å². The second-order valence-corrected chi connectivity index (χ2v) is 9.43. The molecular formula is C25H22Cl2N4O6S. The number of furan rings is 1. The maximum absolute atomic E-state index is 12.7. The number of nitro benzene ring substituents is 1. The molecule has 1 aromatic heterocycles. The fourth-order valence-electron chi connectivity index (χ4n) is 3.96. The Labute approximate surface area is 233 Å². The van der Waals surface area contributed by atoms with Crippen molar-refractivity contribution >= 4 is 63.8 Å². The Morgan fingerprint density at radius 3 is 2.53 bits per heavy atom. The molecule has 38 heavy (non-hydrogen) atoms. The molecule has 0 saturated carbocycles. The highest BCUT2D eigenvalue weighted by Crippen LogP contribution is 2.32. The van der Waals surface area contributed by atoms with Gasteiger partial charge in [0.25, 0.3) is 11.6 Å². The number of benzene rings is 2. The number of nitro groups is 1. The van der Waals surface area contributed by atoms with Crippen LogP contribution in [0.2, 0.25) is 10.0 Å². The highest BCUT2D eigenvalue weighted by atomic mass is 35.5. The third-order valence-electron chi connectivity index (χ3n) is 5.83. The number of esters is 1. The molecule has 0 radical (unpaired) electrons. The summed E-state index contributed by atoms with van der Waals surface area (Å²) in [7, 11) is 0. The van der Waals surface area contributed by atoms with Crippen LogP contribution in [0.1, 0.15) is 27.8 Å². The number of piperazine rings is 1. The second-order valence-electron chi connectivity index (χ2n) is 8.20. The number of hydrogen-bond donors (Lipinski definition) is 1. The summed E-state index contributed by atoms with van der Waals surface area (Å²) in [6.45, 7) is 3.48. The third-order valence-corrected chi connectivity index (χ3v) is 6.76. The van der Waals surface area contributed by atoms with Crippen LogP contribution < -0.4 is 10.2 Å². The van der Waals surface area contributed by atoms with E-state index in [2.05, 4.69) is 5.32 Å². The molecule has 1 N–H and O–H groups in total. The van der Waals surface area contributed by atoms with E-state index in [4.69, 9.17) is 44.6 Å². The molecule has 1 saturated heterocycles. The highest BCUT2D eigenvalue weighted by molar-refractivity contribution is 7.80. The minimum Gasteiger partial charge on any atom is -0.462 e. The summed E-state index contributed by atoms with van der Waals surface area (Å²) in [6, 6.07) is 12.3. The molecule has 0 atom stereocenters. The first-order valence-corrected chi connectivity index (χ1v) is 12.7. The minimum atomic E-state index is -0.618. The molecule has 2 heterocycles. The van der Waals surface area contributed by atoms with Crippen LogP contribution in [0.5, 0.6) is 0 Å². The summed E-state index contributed by atoms with van der Waals surface area (Å²) < 4.78 is 10.6. The molecule has 198 valence electrons. The molecule has 3 aromatic rings. The third kappa shape index (κ3) is 6.07. The van der Waals surface area contributed by atoms with Gasteiger partial charge in [-0.2, -0.15) is 0 Å². The molecule has 0 bridgehead atoms. The molecule has 1 fully saturated rings. The second kappa shape index (κ2) is 11.8. The lowest BCUT2D eigenvalue weighted by atomic mass is 10.1. The summed E-state index contributed by atoms with van der Waals surface area (Å²) in [5.74, 6) is -0.702. The van der Waals surface area contributed by atoms with Crippen molar-refractivity contribution in [3.63, 3.8) is 0 Å². The molecule has 2 aromatic carbocycles. The lowest BCUT2D eigenvalue weighted by Gasteiger charge is -2.36. The van der Waals surface area contributed by atoms with E-state index < -0.39 is 16.8 Å². The number of carbonyl (C=O) groups excluding carboxylic acids is 2. The Morgan fingerprint density at radius 2 is 1.84 bits per heavy atom. The van der Waals surface area contributed by atoms with Crippen molar-refractivity contribution in [1.29, 1.82) is 0 Å². The number of nitrogens with one attached hydrogen (secondary N) is 1. The molecule has 13 heteroatoms. The number of hydrogen-bond acceptors (Lipinski definition) is 8. The molecule has 0 aliphatic carbocycles. The normalized spacial score (nSPS) is 13.2. The van der Waals surface area contributed by atoms with Crippen molar-refractivity contribution in [2.75, 3.05) is 37.7 Å². The summed E-state index contributed by atoms with van der Waals surface area (Å²) in [5.41, 5.74) is 0.874. The van der Waals surface area contributed by atoms with Gasteiger partial charge in [-0.15, -0.1) is 0 Å². The van der Waals surface area contributed by atoms with E-state index in [-0.39, 0.29) is 28.7 Å². The largest absolute Gasteiger partial charge is 0.462 e. The van der Waals surface area contributed by atoms with E-state index in [9.17, 15) is 19.7 Å². The number of nitrogens with zero attached hydrogens (tertiary/aromatic N) is 3. The van der Waals surface area contributed by atoms with E-state index in [0.29, 0.717) is 53.2 Å². The van der Waals surface area contributed by atoms with Crippen LogP contribution in [-0.2, 0) is 4.74 Å². The zero-order valence-electron chi connectivity index (χ0n) is 20.1. The maximum atomic E-state index is 12.7. The van der Waals surface area contributed by atoms with E-state index >= 15 is 0 Å². The fraction of sp³-hybridized carbons (Fsp3) is 0.240. The van der Waals surface area contributed by atoms with Crippen molar-refractivity contribution < 1.29 is 23.7 Å². The van der Waals surface area contributed by atoms with Crippen molar-refractivity contribution in [2.45, 2.75) is 6.92 Å². The number of anilines is 1. The quantitative estimate of drug-likeness (QED) is 0.183. The first-order valence-electron chi connectivity index (χ1n) is 11.5. The summed E-state index contributed by atoms with van der Waals surface area (Å²) >= 11 is 17.7. The Balaban J connectivity index is 1.38. The highest BCUT2D eigenvalue weighted by Gasteiger charge is 2.27. The van der Waals surface area contributed by atoms with Crippen molar-refractivity contribution in [3.05, 3.63) is 80.0 Å². The minimum absolute atomic E-state index is 0.0503. The molecule has 1 aliphatic rings. The molecule has 0 unspecified atom stereocenters. The van der Waals surface area contributed by atoms with Gasteiger partial charge in [0.2, 0.25) is 0 Å². The van der Waals surface area contributed by atoms with Gasteiger partial charge in [0, 0.05) is 42.8 Å². The molecule has 1 amide bonds. The summed E-state index contributed by atoms with van der Waals surface area (Å²) in [6.07, 6.45) is 0. The summed E-state index contributed by atoms with van der Waals surface area (Å²) in [5, 5.41) is 15.5. The van der Waals surface area contributed by atoms with Crippen molar-refractivity contribution in [2.24, 2.45) is 0 Å². The predicted octanol–water partition coefficient (Wildman–Crippen LogP) is 5.18. The number of halogens is 2. The monoisotopic (exact) mass is 576 g/mol. The molecule has 1 aliphatic heterocycles. The van der Waals surface area contributed by atoms with Crippen LogP contribution in [0.3, 0.4) is 0 Å². The Kier molecular flexibility index (Phi) is 8.50. The van der Waals surface area contributed by atoms with Gasteiger partial charge in [0.05, 0.1) is 22.1 Å². The lowest BCUT2D eigenvalue weighted by Crippen LogP contribution is -2.52. The SMILES string of the molecule is CCOC(=O)c1ccc(N2CCN(C(=S)NC(=O)c3ccc(-c4cc(Cl)ccc4Cl)o3)CC2)c([N+](=O)[O-])c1. The van der Waals surface area contributed by atoms with Gasteiger partial charge in [-0.05, 0) is 61.6 Å². The topological polar surface area (TPSA) is 118 Å². The average molecular weight is 577 g/mol. The number of rotatable bonds is 6. The van der Waals surface area contributed by atoms with Crippen LogP contribution in [0.25, 0.3) is 11.3 Å². The van der Waals surface area contributed by atoms with Gasteiger partial charge in [-0.1, -0.05) is 23.2 Å². The maximum Gasteiger partial charge on any atom is 0.338 e. The smallest absolute Gasteiger partial charge is 0.338 e. The Bertz CT molecular complexity index is 1400. The van der Waals surface area contributed by atoms with Gasteiger partial charge in [0.15, 0.2) is 10.9 Å². The standard InChI is InChI=1S/C25H22Cl2N4O6S/c1-2-36-24(33)15-3-6-19(20(13-15)31(34)35)29-9-11-30(12-10-29)25(38)28-23(32)22-8-7-21(37-22)17-14-16(26)4-5-18(17)27/h3-8,13-14H,2,9-12H2,1H3,(H,28,32,38). The van der Waals surface area contributed by atoms with Crippen LogP contribution >= 0.6 is 35.4 Å². The molecule has 4 rings (SSSR count). The number of ether oxygens (including phenoxy) is 1. The predicted molar refractivity (Wildman–Crippen MR) is 147 cm³/mol. The van der Waals surface area contributed by atoms with E-state index in [1.54, 1.807) is 42.2 Å². The van der Waals surface area contributed by atoms with E-state index in [1.165, 1.54) is 18.2 Å². The average Bonchev–Trinajstić information content (AvgIpc) is 3.40. The Hall–Kier alpha value is -3.67. The van der Waals surface area contributed by atoms with Gasteiger partial charge in [0.1, 0.15) is 11.4 Å². The van der Waals surface area contributed by atoms with Gasteiger partial charge in [-0.25, -0.2) is 4.79 Å². The first kappa shape index (κ1) is 27.4. The number of carbonyl (C=O) groups is 2. The number of amides is 1. The first-order chi connectivity index (χ1) is 18.2. The van der Waals surface area contributed by atoms with Gasteiger partial charge >= 0.3 is 5.97 Å². The van der Waals surface area contributed by atoms with Crippen molar-refractivity contribution in [1.82, 2.24) is 10.2 Å². The zero-order chi connectivity index (χ0) is 27.4. The molecular weight excluding hydrogens is 555 g/mol. The van der Waals surface area contributed by atoms with Crippen LogP contribution in [0, 0.1) is 10.1 Å². The zero-order valence-corrected chi connectivity index (χ0v) is 22.4. The van der Waals surface area contributed by atoms with Crippen molar-refractivity contribution in [3.8, 4) is 11.3 Å². The number of thiocarbonyl (C=S) groups is 1. The van der Waals surface area contributed by atoms with E-state index in [0.717, 1.165) is 0 Å². The van der Waals surface area contributed by atoms with Crippen LogP contribution in [-0.4, -0.2) is 59.6 Å². The molecule has 10 nitrogen and oxygen atoms in total. The van der Waals surface area contributed by atoms with Gasteiger partial charge < -0.3 is 19.0 Å². The molecule has 0 spiro atoms. The van der Waals surface area contributed by atoms with Crippen LogP contribution in [0.4, 0.5) is 11.4 Å². The summed E-state index contributed by atoms with van der Waals surface area (Å²) in [4.78, 5) is 39.5. The van der Waals surface area contributed by atoms with Gasteiger partial charge in [-0.3, -0.25) is 20.2 Å². The Morgan fingerprint density at radius 1 is 1.11 bits per heavy atom.